The van der Waals surface area contributed by atoms with E-state index in [4.69, 9.17) is 4.74 Å². The fourth-order valence-electron chi connectivity index (χ4n) is 4.63. The van der Waals surface area contributed by atoms with E-state index in [2.05, 4.69) is 27.0 Å². The SMILES string of the molecule is CC(CN1CCN(c2ccccn2)CC1)NC(=O)C1(c2ccc(F)cc2)CCOCC1. The molecule has 1 aromatic heterocycles. The highest BCUT2D eigenvalue weighted by atomic mass is 19.1. The molecule has 2 aliphatic heterocycles. The van der Waals surface area contributed by atoms with E-state index in [1.807, 2.05) is 24.4 Å². The number of hydrogen-bond acceptors (Lipinski definition) is 5. The Morgan fingerprint density at radius 3 is 2.48 bits per heavy atom. The molecular weight excluding hydrogens is 395 g/mol. The summed E-state index contributed by atoms with van der Waals surface area (Å²) in [6.45, 7) is 7.66. The van der Waals surface area contributed by atoms with Crippen LogP contribution in [0.1, 0.15) is 25.3 Å². The predicted molar refractivity (Wildman–Crippen MR) is 119 cm³/mol. The molecule has 0 radical (unpaired) electrons. The molecule has 2 fully saturated rings. The van der Waals surface area contributed by atoms with Crippen LogP contribution in [0.3, 0.4) is 0 Å². The average Bonchev–Trinajstić information content (AvgIpc) is 2.81. The average molecular weight is 427 g/mol. The van der Waals surface area contributed by atoms with Crippen molar-refractivity contribution in [2.24, 2.45) is 0 Å². The highest BCUT2D eigenvalue weighted by Crippen LogP contribution is 2.35. The molecule has 1 unspecified atom stereocenters. The van der Waals surface area contributed by atoms with Crippen LogP contribution in [0, 0.1) is 5.82 Å². The zero-order valence-electron chi connectivity index (χ0n) is 18.1. The van der Waals surface area contributed by atoms with Crippen LogP contribution in [-0.4, -0.2) is 67.8 Å². The van der Waals surface area contributed by atoms with Gasteiger partial charge < -0.3 is 15.0 Å². The molecule has 2 aromatic rings. The number of halogens is 1. The second kappa shape index (κ2) is 9.75. The molecule has 7 heteroatoms. The van der Waals surface area contributed by atoms with Gasteiger partial charge in [0.2, 0.25) is 5.91 Å². The minimum absolute atomic E-state index is 0.0158. The van der Waals surface area contributed by atoms with E-state index in [1.165, 1.54) is 12.1 Å². The zero-order valence-corrected chi connectivity index (χ0v) is 18.1. The maximum atomic E-state index is 13.4. The van der Waals surface area contributed by atoms with Gasteiger partial charge in [-0.05, 0) is 49.6 Å². The Labute approximate surface area is 183 Å². The second-order valence-corrected chi connectivity index (χ2v) is 8.55. The molecule has 2 saturated heterocycles. The highest BCUT2D eigenvalue weighted by Gasteiger charge is 2.42. The van der Waals surface area contributed by atoms with Gasteiger partial charge in [0.25, 0.3) is 0 Å². The topological polar surface area (TPSA) is 57.7 Å². The van der Waals surface area contributed by atoms with Crippen LogP contribution in [0.2, 0.25) is 0 Å². The normalized spacial score (nSPS) is 20.3. The first-order chi connectivity index (χ1) is 15.1. The fraction of sp³-hybridized carbons (Fsp3) is 0.500. The van der Waals surface area contributed by atoms with Gasteiger partial charge in [-0.1, -0.05) is 18.2 Å². The number of nitrogens with zero attached hydrogens (tertiary/aromatic N) is 3. The third kappa shape index (κ3) is 5.05. The van der Waals surface area contributed by atoms with Crippen LogP contribution in [0.25, 0.3) is 0 Å². The molecule has 3 heterocycles. The molecule has 0 aliphatic carbocycles. The number of carbonyl (C=O) groups excluding carboxylic acids is 1. The third-order valence-corrected chi connectivity index (χ3v) is 6.43. The van der Waals surface area contributed by atoms with Crippen molar-refractivity contribution in [1.29, 1.82) is 0 Å². The van der Waals surface area contributed by atoms with E-state index in [-0.39, 0.29) is 17.8 Å². The highest BCUT2D eigenvalue weighted by molar-refractivity contribution is 5.88. The van der Waals surface area contributed by atoms with Crippen molar-refractivity contribution in [2.45, 2.75) is 31.2 Å². The summed E-state index contributed by atoms with van der Waals surface area (Å²) in [6.07, 6.45) is 3.05. The van der Waals surface area contributed by atoms with Crippen LogP contribution in [0.15, 0.2) is 48.7 Å². The van der Waals surface area contributed by atoms with Crippen LogP contribution in [0.4, 0.5) is 10.2 Å². The molecule has 0 spiro atoms. The summed E-state index contributed by atoms with van der Waals surface area (Å²) in [4.78, 5) is 22.5. The zero-order chi connectivity index (χ0) is 21.7. The minimum atomic E-state index is -0.655. The Kier molecular flexibility index (Phi) is 6.83. The number of anilines is 1. The number of aromatic nitrogens is 1. The minimum Gasteiger partial charge on any atom is -0.381 e. The summed E-state index contributed by atoms with van der Waals surface area (Å²) >= 11 is 0. The molecule has 0 bridgehead atoms. The summed E-state index contributed by atoms with van der Waals surface area (Å²) in [7, 11) is 0. The van der Waals surface area contributed by atoms with Crippen molar-refractivity contribution in [3.05, 3.63) is 60.0 Å². The largest absolute Gasteiger partial charge is 0.381 e. The molecular formula is C24H31FN4O2. The molecule has 6 nitrogen and oxygen atoms in total. The predicted octanol–water partition coefficient (Wildman–Crippen LogP) is 2.60. The van der Waals surface area contributed by atoms with Gasteiger partial charge in [-0.25, -0.2) is 9.37 Å². The number of benzene rings is 1. The quantitative estimate of drug-likeness (QED) is 0.770. The van der Waals surface area contributed by atoms with E-state index in [1.54, 1.807) is 12.1 Å². The Bertz CT molecular complexity index is 848. The molecule has 1 aromatic carbocycles. The van der Waals surface area contributed by atoms with Gasteiger partial charge in [-0.15, -0.1) is 0 Å². The lowest BCUT2D eigenvalue weighted by Gasteiger charge is -2.39. The van der Waals surface area contributed by atoms with Crippen molar-refractivity contribution in [1.82, 2.24) is 15.2 Å². The Morgan fingerprint density at radius 1 is 1.13 bits per heavy atom. The molecule has 31 heavy (non-hydrogen) atoms. The molecule has 0 saturated carbocycles. The summed E-state index contributed by atoms with van der Waals surface area (Å²) in [5, 5.41) is 3.24. The van der Waals surface area contributed by atoms with Crippen molar-refractivity contribution in [2.75, 3.05) is 50.8 Å². The summed E-state index contributed by atoms with van der Waals surface area (Å²) in [6, 6.07) is 12.4. The van der Waals surface area contributed by atoms with Gasteiger partial charge in [0.1, 0.15) is 11.6 Å². The van der Waals surface area contributed by atoms with Gasteiger partial charge in [0, 0.05) is 58.2 Å². The first-order valence-electron chi connectivity index (χ1n) is 11.1. The van der Waals surface area contributed by atoms with Gasteiger partial charge in [0.05, 0.1) is 5.41 Å². The van der Waals surface area contributed by atoms with E-state index in [9.17, 15) is 9.18 Å². The summed E-state index contributed by atoms with van der Waals surface area (Å²) < 4.78 is 19.0. The van der Waals surface area contributed by atoms with Gasteiger partial charge in [0.15, 0.2) is 0 Å². The Morgan fingerprint density at radius 2 is 1.84 bits per heavy atom. The number of pyridine rings is 1. The van der Waals surface area contributed by atoms with E-state index < -0.39 is 5.41 Å². The Hall–Kier alpha value is -2.51. The Balaban J connectivity index is 1.34. The standard InChI is InChI=1S/C24H31FN4O2/c1-19(18-28-12-14-29(15-13-28)22-4-2-3-11-26-22)27-23(30)24(9-16-31-17-10-24)20-5-7-21(25)8-6-20/h2-8,11,19H,9-10,12-18H2,1H3,(H,27,30). The molecule has 1 N–H and O–H groups in total. The van der Waals surface area contributed by atoms with Crippen LogP contribution in [-0.2, 0) is 14.9 Å². The van der Waals surface area contributed by atoms with Crippen molar-refractivity contribution in [3.63, 3.8) is 0 Å². The number of piperazine rings is 1. The number of carbonyl (C=O) groups is 1. The first-order valence-corrected chi connectivity index (χ1v) is 11.1. The van der Waals surface area contributed by atoms with Crippen molar-refractivity contribution in [3.8, 4) is 0 Å². The molecule has 4 rings (SSSR count). The van der Waals surface area contributed by atoms with E-state index >= 15 is 0 Å². The smallest absolute Gasteiger partial charge is 0.231 e. The maximum absolute atomic E-state index is 13.4. The molecule has 2 aliphatic rings. The number of rotatable bonds is 6. The molecule has 166 valence electrons. The lowest BCUT2D eigenvalue weighted by atomic mass is 9.73. The molecule has 1 atom stereocenters. The van der Waals surface area contributed by atoms with Crippen LogP contribution in [0.5, 0.6) is 0 Å². The number of ether oxygens (including phenoxy) is 1. The van der Waals surface area contributed by atoms with Crippen LogP contribution < -0.4 is 10.2 Å². The van der Waals surface area contributed by atoms with Gasteiger partial charge >= 0.3 is 0 Å². The van der Waals surface area contributed by atoms with E-state index in [0.29, 0.717) is 26.1 Å². The van der Waals surface area contributed by atoms with Gasteiger partial charge in [-0.3, -0.25) is 9.69 Å². The fourth-order valence-corrected chi connectivity index (χ4v) is 4.63. The summed E-state index contributed by atoms with van der Waals surface area (Å²) in [5.41, 5.74) is 0.212. The van der Waals surface area contributed by atoms with Crippen LogP contribution >= 0.6 is 0 Å². The van der Waals surface area contributed by atoms with Crippen molar-refractivity contribution >= 4 is 11.7 Å². The second-order valence-electron chi connectivity index (χ2n) is 8.55. The summed E-state index contributed by atoms with van der Waals surface area (Å²) in [5.74, 6) is 0.746. The number of hydrogen-bond donors (Lipinski definition) is 1. The third-order valence-electron chi connectivity index (χ3n) is 6.43. The van der Waals surface area contributed by atoms with Gasteiger partial charge in [-0.2, -0.15) is 0 Å². The lowest BCUT2D eigenvalue weighted by Crippen LogP contribution is -2.54. The first kappa shape index (κ1) is 21.7. The number of nitrogens with one attached hydrogen (secondary N) is 1. The van der Waals surface area contributed by atoms with E-state index in [0.717, 1.165) is 44.1 Å². The van der Waals surface area contributed by atoms with Crippen molar-refractivity contribution < 1.29 is 13.9 Å². The maximum Gasteiger partial charge on any atom is 0.231 e. The molecule has 1 amide bonds. The number of amides is 1. The lowest BCUT2D eigenvalue weighted by molar-refractivity contribution is -0.131. The monoisotopic (exact) mass is 426 g/mol.